The summed E-state index contributed by atoms with van der Waals surface area (Å²) in [6.07, 6.45) is 19.2. The summed E-state index contributed by atoms with van der Waals surface area (Å²) in [5, 5.41) is 3.54. The van der Waals surface area contributed by atoms with Gasteiger partial charge in [0.25, 0.3) is 0 Å². The average molecular weight is 1270 g/mol. The minimum absolute atomic E-state index is 0.169. The van der Waals surface area contributed by atoms with Gasteiger partial charge < -0.3 is 27.7 Å². The van der Waals surface area contributed by atoms with Crippen molar-refractivity contribution in [2.45, 2.75) is 114 Å². The summed E-state index contributed by atoms with van der Waals surface area (Å²) in [6, 6.07) is 74.0. The number of fused-ring (bicyclic) bond motifs is 12. The minimum atomic E-state index is -0.169. The standard InChI is InChI=1S/C87H93N6O3/c1-4-67-55-91(43-37-70(67)49-82(91)85(94-58-61-22-10-7-11-23-61)76-34-40-88-79-31-19-16-28-73(76)79)52-64-46-65(53-92-44-38-71(68(5-2)56-92)50-83(92)86(95-59-62-24-12-8-13-25-62)77-35-41-89-80-32-20-17-29-74(77)80)48-66(47-64)54-93-45-39-72(69(6-3)57-93)51-84(93)87(96-60-63-26-14-9-15-27-63)78-36-42-90-81-33-21-18-30-75(78)81/h4-36,40-42,46-48,67-72,82-87H,1-3,37-39,43-45,49-60H2/q+3. The predicted octanol–water partition coefficient (Wildman–Crippen LogP) is 17.9. The third kappa shape index (κ3) is 12.1. The van der Waals surface area contributed by atoms with Gasteiger partial charge in [0.1, 0.15) is 56.1 Å². The number of rotatable bonds is 24. The van der Waals surface area contributed by atoms with Crippen LogP contribution in [0.2, 0.25) is 0 Å². The summed E-state index contributed by atoms with van der Waals surface area (Å²) in [4.78, 5) is 14.8. The minimum Gasteiger partial charge on any atom is -0.363 e. The van der Waals surface area contributed by atoms with Crippen LogP contribution < -0.4 is 0 Å². The number of para-hydroxylation sites is 3. The van der Waals surface area contributed by atoms with Gasteiger partial charge in [0.2, 0.25) is 0 Å². The zero-order valence-electron chi connectivity index (χ0n) is 55.7. The van der Waals surface area contributed by atoms with E-state index in [4.69, 9.17) is 29.2 Å². The fourth-order valence-corrected chi connectivity index (χ4v) is 19.9. The summed E-state index contributed by atoms with van der Waals surface area (Å²) in [7, 11) is 0. The molecule has 0 saturated carbocycles. The smallest absolute Gasteiger partial charge is 0.135 e. The molecule has 7 aromatic carbocycles. The number of piperidine rings is 9. The fourth-order valence-electron chi connectivity index (χ4n) is 19.9. The highest BCUT2D eigenvalue weighted by atomic mass is 16.5. The molecule has 15 atom stereocenters. The third-order valence-corrected chi connectivity index (χ3v) is 24.5. The van der Waals surface area contributed by atoms with Crippen LogP contribution in [0.4, 0.5) is 0 Å². The second-order valence-corrected chi connectivity index (χ2v) is 29.7. The molecule has 9 saturated heterocycles. The molecule has 0 spiro atoms. The molecule has 0 amide bonds. The Morgan fingerprint density at radius 2 is 0.635 bits per heavy atom. The highest BCUT2D eigenvalue weighted by Crippen LogP contribution is 2.54. The number of benzene rings is 7. The maximum atomic E-state index is 7.57. The van der Waals surface area contributed by atoms with E-state index in [1.54, 1.807) is 0 Å². The molecule has 0 aliphatic carbocycles. The summed E-state index contributed by atoms with van der Waals surface area (Å²) >= 11 is 0. The first-order valence-electron chi connectivity index (χ1n) is 35.8. The van der Waals surface area contributed by atoms with Crippen LogP contribution in [0.25, 0.3) is 32.7 Å². The Balaban J connectivity index is 0.850. The van der Waals surface area contributed by atoms with Gasteiger partial charge in [-0.05, 0) is 106 Å². The lowest BCUT2D eigenvalue weighted by Crippen LogP contribution is -2.68. The van der Waals surface area contributed by atoms with Crippen molar-refractivity contribution in [1.82, 2.24) is 15.0 Å². The zero-order chi connectivity index (χ0) is 64.6. The van der Waals surface area contributed by atoms with Crippen molar-refractivity contribution in [1.29, 1.82) is 0 Å². The number of aromatic nitrogens is 3. The van der Waals surface area contributed by atoms with E-state index >= 15 is 0 Å². The lowest BCUT2D eigenvalue weighted by Gasteiger charge is -2.59. The van der Waals surface area contributed by atoms with E-state index in [0.29, 0.717) is 55.3 Å². The topological polar surface area (TPSA) is 66.4 Å². The molecule has 15 unspecified atom stereocenters. The fraction of sp³-hybridized carbons (Fsp3) is 0.345. The van der Waals surface area contributed by atoms with Crippen molar-refractivity contribution >= 4 is 32.7 Å². The van der Waals surface area contributed by atoms with Crippen molar-refractivity contribution in [2.75, 3.05) is 39.3 Å². The van der Waals surface area contributed by atoms with Gasteiger partial charge in [-0.25, -0.2) is 0 Å². The molecule has 12 heterocycles. The quantitative estimate of drug-likeness (QED) is 0.0444. The second kappa shape index (κ2) is 27.0. The summed E-state index contributed by atoms with van der Waals surface area (Å²) < 4.78 is 25.5. The Bertz CT molecular complexity index is 3940. The van der Waals surface area contributed by atoms with Crippen LogP contribution >= 0.6 is 0 Å². The van der Waals surface area contributed by atoms with E-state index in [9.17, 15) is 0 Å². The van der Waals surface area contributed by atoms with Crippen LogP contribution in [0.3, 0.4) is 0 Å². The van der Waals surface area contributed by atoms with Crippen molar-refractivity contribution < 1.29 is 27.7 Å². The van der Waals surface area contributed by atoms with Gasteiger partial charge in [-0.1, -0.05) is 164 Å². The first-order chi connectivity index (χ1) is 47.3. The molecule has 96 heavy (non-hydrogen) atoms. The molecule has 19 rings (SSSR count). The Kier molecular flexibility index (Phi) is 17.6. The molecule has 3 aromatic heterocycles. The molecule has 10 aromatic rings. The number of nitrogens with zero attached hydrogens (tertiary/aromatic N) is 6. The van der Waals surface area contributed by atoms with E-state index in [2.05, 4.69) is 238 Å². The first-order valence-corrected chi connectivity index (χ1v) is 35.8. The van der Waals surface area contributed by atoms with Crippen LogP contribution in [0.15, 0.2) is 257 Å². The van der Waals surface area contributed by atoms with Gasteiger partial charge in [-0.2, -0.15) is 0 Å². The largest absolute Gasteiger partial charge is 0.363 e. The van der Waals surface area contributed by atoms with Crippen molar-refractivity contribution in [3.63, 3.8) is 0 Å². The lowest BCUT2D eigenvalue weighted by molar-refractivity contribution is -0.986. The molecule has 0 N–H and O–H groups in total. The summed E-state index contributed by atoms with van der Waals surface area (Å²) in [5.74, 6) is 2.83. The van der Waals surface area contributed by atoms with Crippen molar-refractivity contribution in [3.8, 4) is 0 Å². The molecule has 9 heteroatoms. The maximum Gasteiger partial charge on any atom is 0.135 e. The number of hydrogen-bond acceptors (Lipinski definition) is 6. The SMILES string of the molecule is C=CC1C[N+]2(Cc3cc(C[N+]45CCC(CC4C(OCc4ccccc4)c4ccnc6ccccc46)C(C=C)C5)cc(C[N+]45CCC(CC4C(OCc4ccccc4)c4ccnc6ccccc46)C(C=C)C5)c3)CCC1CC2C(OCc1ccccc1)c1ccnc2ccccc12. The van der Waals surface area contributed by atoms with Crippen LogP contribution in [-0.4, -0.2) is 85.8 Å². The lowest BCUT2D eigenvalue weighted by atomic mass is 9.70. The summed E-state index contributed by atoms with van der Waals surface area (Å²) in [6.45, 7) is 24.4. The Hall–Kier alpha value is -8.25. The maximum absolute atomic E-state index is 7.57. The van der Waals surface area contributed by atoms with E-state index in [1.807, 2.05) is 18.6 Å². The number of ether oxygens (including phenoxy) is 3. The van der Waals surface area contributed by atoms with Gasteiger partial charge in [0.15, 0.2) is 0 Å². The Morgan fingerprint density at radius 3 is 0.927 bits per heavy atom. The van der Waals surface area contributed by atoms with Gasteiger partial charge in [-0.3, -0.25) is 15.0 Å². The Labute approximate surface area is 568 Å². The van der Waals surface area contributed by atoms with Gasteiger partial charge in [0, 0.05) is 108 Å². The zero-order valence-corrected chi connectivity index (χ0v) is 55.7. The number of pyridine rings is 3. The normalized spacial score (nSPS) is 28.3. The van der Waals surface area contributed by atoms with Crippen molar-refractivity contribution in [3.05, 3.63) is 307 Å². The number of quaternary nitrogens is 3. The number of hydrogen-bond donors (Lipinski definition) is 0. The van der Waals surface area contributed by atoms with Gasteiger partial charge in [-0.15, -0.1) is 19.7 Å². The van der Waals surface area contributed by atoms with E-state index in [0.717, 1.165) is 108 Å². The molecule has 9 nitrogen and oxygen atoms in total. The van der Waals surface area contributed by atoms with E-state index in [-0.39, 0.29) is 36.4 Å². The van der Waals surface area contributed by atoms with Crippen LogP contribution in [-0.2, 0) is 53.7 Å². The Morgan fingerprint density at radius 1 is 0.354 bits per heavy atom. The first kappa shape index (κ1) is 62.5. The molecule has 486 valence electrons. The molecule has 9 aliphatic heterocycles. The molecular formula is C87H93N6O3+3. The molecule has 0 radical (unpaired) electrons. The molecule has 6 bridgehead atoms. The third-order valence-electron chi connectivity index (χ3n) is 24.5. The molecule has 9 fully saturated rings. The monoisotopic (exact) mass is 1270 g/mol. The van der Waals surface area contributed by atoms with Crippen LogP contribution in [0.1, 0.15) is 107 Å². The van der Waals surface area contributed by atoms with Crippen LogP contribution in [0.5, 0.6) is 0 Å². The van der Waals surface area contributed by atoms with E-state index < -0.39 is 0 Å². The predicted molar refractivity (Wildman–Crippen MR) is 385 cm³/mol. The highest BCUT2D eigenvalue weighted by molar-refractivity contribution is 5.84. The van der Waals surface area contributed by atoms with Gasteiger partial charge in [0.05, 0.1) is 75.6 Å². The molecule has 9 aliphatic rings. The van der Waals surface area contributed by atoms with Crippen molar-refractivity contribution in [2.24, 2.45) is 35.5 Å². The molecular weight excluding hydrogens is 1180 g/mol. The average Bonchev–Trinajstić information content (AvgIpc) is 0.748. The van der Waals surface area contributed by atoms with E-state index in [1.165, 1.54) is 85.5 Å². The second-order valence-electron chi connectivity index (χ2n) is 29.7. The highest BCUT2D eigenvalue weighted by Gasteiger charge is 2.58. The summed E-state index contributed by atoms with van der Waals surface area (Å²) in [5.41, 5.74) is 14.6. The van der Waals surface area contributed by atoms with Crippen LogP contribution in [0, 0.1) is 35.5 Å². The van der Waals surface area contributed by atoms with Gasteiger partial charge >= 0.3 is 0 Å².